The number of aromatic nitrogens is 4. The van der Waals surface area contributed by atoms with E-state index >= 15 is 0 Å². The Kier molecular flexibility index (Phi) is 6.34. The summed E-state index contributed by atoms with van der Waals surface area (Å²) in [5, 5.41) is 21.9. The minimum atomic E-state index is -0.0803. The van der Waals surface area contributed by atoms with Gasteiger partial charge in [0.05, 0.1) is 21.3 Å². The average Bonchev–Trinajstić information content (AvgIpc) is 3.10. The molecule has 4 rings (SSSR count). The maximum atomic E-state index is 11.2. The maximum absolute atomic E-state index is 11.2. The molecule has 0 fully saturated rings. The van der Waals surface area contributed by atoms with E-state index in [1.807, 2.05) is 36.8 Å². The molecule has 4 aromatic rings. The lowest BCUT2D eigenvalue weighted by molar-refractivity contribution is 0.195. The van der Waals surface area contributed by atoms with Crippen LogP contribution in [0.25, 0.3) is 34.0 Å². The SMILES string of the molecule is CSc1cccc(-c2nc(-c3c(Cl)cc(O)cc3Cl)n(O)c2-c2ccnc(SC)n2)c1. The summed E-state index contributed by atoms with van der Waals surface area (Å²) in [4.78, 5) is 14.5. The molecular formula is C21H16Cl2N4O2S2. The third-order valence-corrected chi connectivity index (χ3v) is 6.39. The van der Waals surface area contributed by atoms with E-state index in [1.165, 1.54) is 23.9 Å². The Morgan fingerprint density at radius 1 is 0.968 bits per heavy atom. The van der Waals surface area contributed by atoms with Gasteiger partial charge in [-0.05, 0) is 42.8 Å². The lowest BCUT2D eigenvalue weighted by atomic mass is 10.1. The second kappa shape index (κ2) is 9.00. The molecule has 0 spiro atoms. The number of phenolic OH excluding ortho intramolecular Hbond substituents is 1. The van der Waals surface area contributed by atoms with Gasteiger partial charge in [0.2, 0.25) is 0 Å². The van der Waals surface area contributed by atoms with E-state index in [4.69, 9.17) is 28.2 Å². The van der Waals surface area contributed by atoms with E-state index in [0.29, 0.717) is 27.8 Å². The van der Waals surface area contributed by atoms with Crippen LogP contribution in [0.3, 0.4) is 0 Å². The van der Waals surface area contributed by atoms with Gasteiger partial charge in [-0.1, -0.05) is 47.1 Å². The van der Waals surface area contributed by atoms with Crippen LogP contribution in [0.15, 0.2) is 58.7 Å². The Hall–Kier alpha value is -2.39. The van der Waals surface area contributed by atoms with Crippen molar-refractivity contribution < 1.29 is 10.3 Å². The first-order chi connectivity index (χ1) is 14.9. The Bertz CT molecular complexity index is 1260. The first kappa shape index (κ1) is 21.8. The Morgan fingerprint density at radius 2 is 1.71 bits per heavy atom. The number of hydrogen-bond donors (Lipinski definition) is 2. The van der Waals surface area contributed by atoms with Gasteiger partial charge in [0.25, 0.3) is 0 Å². The van der Waals surface area contributed by atoms with Crippen molar-refractivity contribution in [1.82, 2.24) is 19.7 Å². The molecule has 10 heteroatoms. The number of phenols is 1. The first-order valence-electron chi connectivity index (χ1n) is 8.95. The molecule has 31 heavy (non-hydrogen) atoms. The fraction of sp³-hybridized carbons (Fsp3) is 0.0952. The lowest BCUT2D eigenvalue weighted by Crippen LogP contribution is -2.00. The molecular weight excluding hydrogens is 475 g/mol. The minimum absolute atomic E-state index is 0.0803. The van der Waals surface area contributed by atoms with Gasteiger partial charge in [-0.2, -0.15) is 4.73 Å². The number of rotatable bonds is 5. The number of nitrogens with zero attached hydrogens (tertiary/aromatic N) is 4. The molecule has 0 amide bonds. The molecule has 2 N–H and O–H groups in total. The monoisotopic (exact) mass is 490 g/mol. The topological polar surface area (TPSA) is 84.1 Å². The summed E-state index contributed by atoms with van der Waals surface area (Å²) >= 11 is 15.7. The quantitative estimate of drug-likeness (QED) is 0.191. The molecule has 0 bridgehead atoms. The maximum Gasteiger partial charge on any atom is 0.187 e. The van der Waals surface area contributed by atoms with Crippen LogP contribution >= 0.6 is 46.7 Å². The number of hydrogen-bond acceptors (Lipinski definition) is 7. The van der Waals surface area contributed by atoms with Crippen molar-refractivity contribution in [2.24, 2.45) is 0 Å². The molecule has 2 aromatic carbocycles. The summed E-state index contributed by atoms with van der Waals surface area (Å²) in [5.74, 6) is 0.0576. The molecule has 0 aliphatic carbocycles. The summed E-state index contributed by atoms with van der Waals surface area (Å²) in [6.45, 7) is 0. The smallest absolute Gasteiger partial charge is 0.187 e. The minimum Gasteiger partial charge on any atom is -0.508 e. The summed E-state index contributed by atoms with van der Waals surface area (Å²) in [5.41, 5.74) is 2.49. The van der Waals surface area contributed by atoms with Crippen LogP contribution in [0.4, 0.5) is 0 Å². The zero-order valence-electron chi connectivity index (χ0n) is 16.4. The van der Waals surface area contributed by atoms with Gasteiger partial charge in [-0.3, -0.25) is 0 Å². The van der Waals surface area contributed by atoms with Crippen molar-refractivity contribution in [1.29, 1.82) is 0 Å². The highest BCUT2D eigenvalue weighted by molar-refractivity contribution is 7.98. The van der Waals surface area contributed by atoms with E-state index in [2.05, 4.69) is 9.97 Å². The second-order valence-electron chi connectivity index (χ2n) is 6.39. The predicted octanol–water partition coefficient (Wildman–Crippen LogP) is 6.37. The van der Waals surface area contributed by atoms with Crippen molar-refractivity contribution in [3.8, 4) is 39.8 Å². The highest BCUT2D eigenvalue weighted by Gasteiger charge is 2.25. The van der Waals surface area contributed by atoms with Crippen molar-refractivity contribution in [3.05, 3.63) is 58.7 Å². The summed E-state index contributed by atoms with van der Waals surface area (Å²) in [6, 6.07) is 12.2. The van der Waals surface area contributed by atoms with Crippen molar-refractivity contribution >= 4 is 46.7 Å². The Balaban J connectivity index is 2.03. The fourth-order valence-electron chi connectivity index (χ4n) is 3.12. The highest BCUT2D eigenvalue weighted by atomic mass is 35.5. The molecule has 0 atom stereocenters. The summed E-state index contributed by atoms with van der Waals surface area (Å²) in [7, 11) is 0. The van der Waals surface area contributed by atoms with Gasteiger partial charge in [0, 0.05) is 16.7 Å². The van der Waals surface area contributed by atoms with Crippen LogP contribution in [-0.4, -0.2) is 42.5 Å². The zero-order valence-corrected chi connectivity index (χ0v) is 19.5. The van der Waals surface area contributed by atoms with Crippen molar-refractivity contribution in [3.63, 3.8) is 0 Å². The standard InChI is InChI=1S/C21H16Cl2N4O2S2/c1-30-13-5-3-4-11(8-13)18-19(16-6-7-24-21(25-16)31-2)27(29)20(26-18)17-14(22)9-12(28)10-15(17)23/h3-10,28-29H,1-2H3. The van der Waals surface area contributed by atoms with E-state index in [0.717, 1.165) is 15.2 Å². The predicted molar refractivity (Wildman–Crippen MR) is 127 cm³/mol. The van der Waals surface area contributed by atoms with Crippen LogP contribution in [0.1, 0.15) is 0 Å². The number of halogens is 2. The van der Waals surface area contributed by atoms with Crippen LogP contribution < -0.4 is 0 Å². The Labute approximate surface area is 197 Å². The largest absolute Gasteiger partial charge is 0.508 e. The van der Waals surface area contributed by atoms with Gasteiger partial charge in [0.1, 0.15) is 17.1 Å². The summed E-state index contributed by atoms with van der Waals surface area (Å²) < 4.78 is 0.928. The molecule has 0 aliphatic rings. The number of benzene rings is 2. The van der Waals surface area contributed by atoms with Crippen LogP contribution in [0.5, 0.6) is 5.75 Å². The first-order valence-corrected chi connectivity index (χ1v) is 12.2. The number of imidazole rings is 1. The molecule has 0 aliphatic heterocycles. The normalized spacial score (nSPS) is 11.1. The van der Waals surface area contributed by atoms with Gasteiger partial charge in [0.15, 0.2) is 11.0 Å². The zero-order chi connectivity index (χ0) is 22.1. The molecule has 6 nitrogen and oxygen atoms in total. The van der Waals surface area contributed by atoms with E-state index in [-0.39, 0.29) is 21.6 Å². The van der Waals surface area contributed by atoms with E-state index in [1.54, 1.807) is 24.0 Å². The summed E-state index contributed by atoms with van der Waals surface area (Å²) in [6.07, 6.45) is 5.49. The Morgan fingerprint density at radius 3 is 2.39 bits per heavy atom. The third-order valence-electron chi connectivity index (χ3n) is 4.51. The van der Waals surface area contributed by atoms with Crippen LogP contribution in [0, 0.1) is 0 Å². The van der Waals surface area contributed by atoms with Gasteiger partial charge in [-0.15, -0.1) is 11.8 Å². The number of thioether (sulfide) groups is 2. The number of aromatic hydroxyl groups is 1. The van der Waals surface area contributed by atoms with E-state index < -0.39 is 0 Å². The average molecular weight is 491 g/mol. The molecule has 2 heterocycles. The fourth-order valence-corrected chi connectivity index (χ4v) is 4.58. The highest BCUT2D eigenvalue weighted by Crippen LogP contribution is 2.41. The van der Waals surface area contributed by atoms with Gasteiger partial charge < -0.3 is 10.3 Å². The van der Waals surface area contributed by atoms with Crippen LogP contribution in [-0.2, 0) is 0 Å². The van der Waals surface area contributed by atoms with Crippen LogP contribution in [0.2, 0.25) is 10.0 Å². The van der Waals surface area contributed by atoms with Crippen molar-refractivity contribution in [2.45, 2.75) is 10.1 Å². The van der Waals surface area contributed by atoms with E-state index in [9.17, 15) is 10.3 Å². The molecule has 158 valence electrons. The van der Waals surface area contributed by atoms with Gasteiger partial charge >= 0.3 is 0 Å². The van der Waals surface area contributed by atoms with Crippen molar-refractivity contribution in [2.75, 3.05) is 12.5 Å². The molecule has 0 radical (unpaired) electrons. The molecule has 0 saturated carbocycles. The lowest BCUT2D eigenvalue weighted by Gasteiger charge is -2.09. The molecule has 2 aromatic heterocycles. The second-order valence-corrected chi connectivity index (χ2v) is 8.86. The van der Waals surface area contributed by atoms with Gasteiger partial charge in [-0.25, -0.2) is 15.0 Å². The third kappa shape index (κ3) is 4.21. The molecule has 0 unspecified atom stereocenters. The molecule has 0 saturated heterocycles.